The van der Waals surface area contributed by atoms with Crippen LogP contribution in [0.1, 0.15) is 63.6 Å². The van der Waals surface area contributed by atoms with Crippen molar-refractivity contribution in [3.8, 4) is 0 Å². The molecule has 4 amide bonds. The van der Waals surface area contributed by atoms with E-state index in [-0.39, 0.29) is 30.1 Å². The van der Waals surface area contributed by atoms with Crippen molar-refractivity contribution in [2.24, 2.45) is 0 Å². The van der Waals surface area contributed by atoms with Crippen molar-refractivity contribution < 1.29 is 19.2 Å². The molecule has 4 heterocycles. The second kappa shape index (κ2) is 9.19. The van der Waals surface area contributed by atoms with Gasteiger partial charge in [0.1, 0.15) is 11.7 Å². The van der Waals surface area contributed by atoms with Crippen LogP contribution in [0.15, 0.2) is 36.4 Å². The van der Waals surface area contributed by atoms with Gasteiger partial charge in [-0.25, -0.2) is 0 Å². The second-order valence-corrected chi connectivity index (χ2v) is 10.7. The molecule has 1 aromatic heterocycles. The molecule has 3 aliphatic rings. The number of hydrogen-bond acceptors (Lipinski definition) is 4. The number of H-pyrrole nitrogens is 1. The molecule has 10 heteroatoms. The average Bonchev–Trinajstić information content (AvgIpc) is 3.48. The van der Waals surface area contributed by atoms with Crippen LogP contribution in [0.2, 0.25) is 10.0 Å². The summed E-state index contributed by atoms with van der Waals surface area (Å²) in [5, 5.41) is 4.02. The number of hydrogen-bond donors (Lipinski definition) is 2. The van der Waals surface area contributed by atoms with E-state index in [0.717, 1.165) is 29.4 Å². The van der Waals surface area contributed by atoms with Gasteiger partial charge in [-0.05, 0) is 54.5 Å². The fourth-order valence-corrected chi connectivity index (χ4v) is 6.07. The molecule has 2 saturated heterocycles. The first-order valence-electron chi connectivity index (χ1n) is 12.3. The second-order valence-electron chi connectivity index (χ2n) is 9.89. The fraction of sp³-hybridized carbons (Fsp3) is 0.333. The molecule has 0 bridgehead atoms. The summed E-state index contributed by atoms with van der Waals surface area (Å²) >= 11 is 12.4. The first kappa shape index (κ1) is 24.0. The van der Waals surface area contributed by atoms with Gasteiger partial charge in [-0.2, -0.15) is 0 Å². The van der Waals surface area contributed by atoms with Gasteiger partial charge in [0.05, 0.1) is 15.6 Å². The largest absolute Gasteiger partial charge is 0.349 e. The van der Waals surface area contributed by atoms with E-state index in [0.29, 0.717) is 52.9 Å². The Bertz CT molecular complexity index is 1470. The molecule has 0 radical (unpaired) electrons. The number of aromatic amines is 1. The molecule has 8 nitrogen and oxygen atoms in total. The summed E-state index contributed by atoms with van der Waals surface area (Å²) in [4.78, 5) is 56.4. The lowest BCUT2D eigenvalue weighted by molar-refractivity contribution is -0.136. The van der Waals surface area contributed by atoms with Crippen LogP contribution in [0.4, 0.5) is 0 Å². The zero-order valence-corrected chi connectivity index (χ0v) is 21.4. The Labute approximate surface area is 222 Å². The molecule has 37 heavy (non-hydrogen) atoms. The molecule has 190 valence electrons. The number of nitrogens with zero attached hydrogens (tertiary/aromatic N) is 2. The fourth-order valence-electron chi connectivity index (χ4n) is 5.69. The summed E-state index contributed by atoms with van der Waals surface area (Å²) in [6.45, 7) is 1.59. The van der Waals surface area contributed by atoms with E-state index in [1.54, 1.807) is 17.0 Å². The zero-order chi connectivity index (χ0) is 25.8. The molecule has 0 spiro atoms. The number of fused-ring (bicyclic) bond motifs is 2. The molecule has 1 atom stereocenters. The molecule has 3 aromatic rings. The van der Waals surface area contributed by atoms with Crippen LogP contribution >= 0.6 is 23.2 Å². The number of aromatic nitrogens is 1. The Hall–Kier alpha value is -3.36. The molecule has 1 unspecified atom stereocenters. The van der Waals surface area contributed by atoms with Crippen LogP contribution in [-0.4, -0.2) is 57.5 Å². The molecular weight excluding hydrogens is 515 g/mol. The topological polar surface area (TPSA) is 103 Å². The van der Waals surface area contributed by atoms with Crippen LogP contribution < -0.4 is 5.32 Å². The van der Waals surface area contributed by atoms with Gasteiger partial charge in [0.25, 0.3) is 11.8 Å². The smallest absolute Gasteiger partial charge is 0.270 e. The average molecular weight is 539 g/mol. The SMILES string of the molecule is O=C1CCC(N2Cc3cc(C4CCN(C(=O)c5cc6ccc(Cl)c(Cl)c6[nH]5)CC4)ccc3C2=O)C(=O)N1. The van der Waals surface area contributed by atoms with Gasteiger partial charge in [0.15, 0.2) is 0 Å². The highest BCUT2D eigenvalue weighted by molar-refractivity contribution is 6.45. The Morgan fingerprint density at radius 1 is 0.973 bits per heavy atom. The third-order valence-electron chi connectivity index (χ3n) is 7.72. The molecular formula is C27H24Cl2N4O4. The summed E-state index contributed by atoms with van der Waals surface area (Å²) in [7, 11) is 0. The van der Waals surface area contributed by atoms with Crippen molar-refractivity contribution in [3.63, 3.8) is 0 Å². The number of piperidine rings is 2. The number of amides is 4. The van der Waals surface area contributed by atoms with Crippen LogP contribution in [-0.2, 0) is 16.1 Å². The molecule has 2 N–H and O–H groups in total. The van der Waals surface area contributed by atoms with Gasteiger partial charge in [-0.1, -0.05) is 41.4 Å². The summed E-state index contributed by atoms with van der Waals surface area (Å²) < 4.78 is 0. The maximum absolute atomic E-state index is 13.2. The van der Waals surface area contributed by atoms with E-state index in [9.17, 15) is 19.2 Å². The van der Waals surface area contributed by atoms with Gasteiger partial charge < -0.3 is 14.8 Å². The molecule has 0 aliphatic carbocycles. The third-order valence-corrected chi connectivity index (χ3v) is 8.52. The predicted molar refractivity (Wildman–Crippen MR) is 139 cm³/mol. The summed E-state index contributed by atoms with van der Waals surface area (Å²) in [5.74, 6) is -0.673. The van der Waals surface area contributed by atoms with E-state index < -0.39 is 11.9 Å². The normalized spacial score (nSPS) is 20.5. The minimum atomic E-state index is -0.620. The Kier molecular flexibility index (Phi) is 5.96. The number of carbonyl (C=O) groups is 4. The maximum Gasteiger partial charge on any atom is 0.270 e. The monoisotopic (exact) mass is 538 g/mol. The highest BCUT2D eigenvalue weighted by Crippen LogP contribution is 2.35. The molecule has 0 saturated carbocycles. The van der Waals surface area contributed by atoms with E-state index in [4.69, 9.17) is 23.2 Å². The van der Waals surface area contributed by atoms with E-state index in [1.165, 1.54) is 0 Å². The van der Waals surface area contributed by atoms with Crippen molar-refractivity contribution in [1.82, 2.24) is 20.1 Å². The first-order valence-corrected chi connectivity index (χ1v) is 13.1. The van der Waals surface area contributed by atoms with Gasteiger partial charge in [0.2, 0.25) is 11.8 Å². The molecule has 6 rings (SSSR count). The van der Waals surface area contributed by atoms with Gasteiger partial charge in [-0.3, -0.25) is 24.5 Å². The van der Waals surface area contributed by atoms with E-state index in [1.807, 2.05) is 23.1 Å². The Balaban J connectivity index is 1.13. The minimum Gasteiger partial charge on any atom is -0.349 e. The quantitative estimate of drug-likeness (QED) is 0.486. The number of halogens is 2. The van der Waals surface area contributed by atoms with Crippen LogP contribution in [0.3, 0.4) is 0 Å². The minimum absolute atomic E-state index is 0.0683. The maximum atomic E-state index is 13.2. The van der Waals surface area contributed by atoms with E-state index in [2.05, 4.69) is 16.4 Å². The summed E-state index contributed by atoms with van der Waals surface area (Å²) in [5.41, 5.74) is 3.79. The predicted octanol–water partition coefficient (Wildman–Crippen LogP) is 4.26. The van der Waals surface area contributed by atoms with E-state index >= 15 is 0 Å². The lowest BCUT2D eigenvalue weighted by Gasteiger charge is -2.32. The Morgan fingerprint density at radius 3 is 2.51 bits per heavy atom. The van der Waals surface area contributed by atoms with Crippen molar-refractivity contribution in [3.05, 3.63) is 68.8 Å². The number of nitrogens with one attached hydrogen (secondary N) is 2. The number of likely N-dealkylation sites (tertiary alicyclic amines) is 1. The van der Waals surface area contributed by atoms with Crippen LogP contribution in [0.5, 0.6) is 0 Å². The molecule has 2 aromatic carbocycles. The third kappa shape index (κ3) is 4.18. The number of imide groups is 1. The zero-order valence-electron chi connectivity index (χ0n) is 19.9. The summed E-state index contributed by atoms with van der Waals surface area (Å²) in [6.07, 6.45) is 2.20. The first-order chi connectivity index (χ1) is 17.8. The van der Waals surface area contributed by atoms with Crippen molar-refractivity contribution in [2.45, 2.75) is 44.2 Å². The lowest BCUT2D eigenvalue weighted by atomic mass is 9.88. The number of rotatable bonds is 3. The number of benzene rings is 2. The lowest BCUT2D eigenvalue weighted by Crippen LogP contribution is -2.52. The van der Waals surface area contributed by atoms with Crippen molar-refractivity contribution >= 4 is 57.7 Å². The Morgan fingerprint density at radius 2 is 1.76 bits per heavy atom. The van der Waals surface area contributed by atoms with Gasteiger partial charge >= 0.3 is 0 Å². The van der Waals surface area contributed by atoms with Gasteiger partial charge in [0, 0.05) is 37.0 Å². The van der Waals surface area contributed by atoms with Gasteiger partial charge in [-0.15, -0.1) is 0 Å². The standard InChI is InChI=1S/C27H24Cl2N4O4/c28-19-4-2-16-12-20(30-24(16)23(19)29)27(37)32-9-7-14(8-10-32)15-1-3-18-17(11-15)13-33(26(18)36)21-5-6-22(34)31-25(21)35/h1-4,11-12,14,21,30H,5-10,13H2,(H,31,34,35). The highest BCUT2D eigenvalue weighted by Gasteiger charge is 2.39. The van der Waals surface area contributed by atoms with Crippen LogP contribution in [0.25, 0.3) is 10.9 Å². The number of carbonyl (C=O) groups excluding carboxylic acids is 4. The summed E-state index contributed by atoms with van der Waals surface area (Å²) in [6, 6.07) is 10.6. The van der Waals surface area contributed by atoms with Crippen molar-refractivity contribution in [2.75, 3.05) is 13.1 Å². The highest BCUT2D eigenvalue weighted by atomic mass is 35.5. The molecule has 2 fully saturated rings. The van der Waals surface area contributed by atoms with Crippen LogP contribution in [0, 0.1) is 0 Å². The molecule has 3 aliphatic heterocycles. The van der Waals surface area contributed by atoms with Crippen molar-refractivity contribution in [1.29, 1.82) is 0 Å².